The van der Waals surface area contributed by atoms with Crippen LogP contribution in [0.25, 0.3) is 0 Å². The predicted octanol–water partition coefficient (Wildman–Crippen LogP) is 0.322. The molecule has 2 nitrogen and oxygen atoms in total. The highest BCUT2D eigenvalue weighted by molar-refractivity contribution is 5.07. The van der Waals surface area contributed by atoms with Crippen LogP contribution in [0.4, 0.5) is 0 Å². The molecule has 8 heavy (non-hydrogen) atoms. The fourth-order valence-electron chi connectivity index (χ4n) is 0.612. The van der Waals surface area contributed by atoms with Gasteiger partial charge < -0.3 is 10.0 Å². The van der Waals surface area contributed by atoms with Crippen LogP contribution in [0.2, 0.25) is 0 Å². The lowest BCUT2D eigenvalue weighted by atomic mass is 10.4. The third-order valence-electron chi connectivity index (χ3n) is 1.07. The van der Waals surface area contributed by atoms with Crippen LogP contribution in [0.5, 0.6) is 0 Å². The molecule has 0 atom stereocenters. The lowest BCUT2D eigenvalue weighted by molar-refractivity contribution is 0.161. The summed E-state index contributed by atoms with van der Waals surface area (Å²) in [6, 6.07) is 0. The van der Waals surface area contributed by atoms with Crippen LogP contribution >= 0.6 is 0 Å². The monoisotopic (exact) mass is 111 g/mol. The second-order valence-corrected chi connectivity index (χ2v) is 1.68. The van der Waals surface area contributed by atoms with Gasteiger partial charge in [0.15, 0.2) is 0 Å². The summed E-state index contributed by atoms with van der Waals surface area (Å²) in [7, 11) is 0. The molecule has 0 saturated carbocycles. The summed E-state index contributed by atoms with van der Waals surface area (Å²) in [4.78, 5) is 1.81. The molecule has 1 aliphatic heterocycles. The number of nitrogens with zero attached hydrogens (tertiary/aromatic N) is 1. The van der Waals surface area contributed by atoms with Crippen molar-refractivity contribution in [3.05, 3.63) is 24.4 Å². The van der Waals surface area contributed by atoms with E-state index in [1.54, 1.807) is 4.90 Å². The quantitative estimate of drug-likeness (QED) is 0.526. The Morgan fingerprint density at radius 1 is 1.50 bits per heavy atom. The molecule has 0 radical (unpaired) electrons. The van der Waals surface area contributed by atoms with Crippen molar-refractivity contribution in [1.29, 1.82) is 0 Å². The van der Waals surface area contributed by atoms with Crippen LogP contribution in [0.15, 0.2) is 24.4 Å². The van der Waals surface area contributed by atoms with Crippen molar-refractivity contribution in [1.82, 2.24) is 4.90 Å². The van der Waals surface area contributed by atoms with Gasteiger partial charge in [-0.2, -0.15) is 0 Å². The fourth-order valence-corrected chi connectivity index (χ4v) is 0.612. The molecule has 0 saturated heterocycles. The number of hydrogen-bond donors (Lipinski definition) is 1. The standard InChI is InChI=1S/C6H9NO/c8-6-7-4-2-1-3-5-7/h1-4,8H,5-6H2. The molecule has 1 rings (SSSR count). The van der Waals surface area contributed by atoms with Gasteiger partial charge in [-0.15, -0.1) is 0 Å². The minimum absolute atomic E-state index is 0.112. The molecule has 0 aromatic heterocycles. The lowest BCUT2D eigenvalue weighted by Crippen LogP contribution is -2.19. The molecule has 0 aromatic carbocycles. The van der Waals surface area contributed by atoms with Gasteiger partial charge in [-0.1, -0.05) is 12.2 Å². The summed E-state index contributed by atoms with van der Waals surface area (Å²) in [5.74, 6) is 0. The third-order valence-corrected chi connectivity index (χ3v) is 1.07. The lowest BCUT2D eigenvalue weighted by Gasteiger charge is -2.15. The molecule has 44 valence electrons. The first-order valence-electron chi connectivity index (χ1n) is 2.62. The van der Waals surface area contributed by atoms with Crippen molar-refractivity contribution in [3.8, 4) is 0 Å². The molecular weight excluding hydrogens is 102 g/mol. The molecule has 2 heteroatoms. The van der Waals surface area contributed by atoms with Crippen molar-refractivity contribution in [2.45, 2.75) is 0 Å². The Kier molecular flexibility index (Phi) is 1.70. The summed E-state index contributed by atoms with van der Waals surface area (Å²) < 4.78 is 0. The molecule has 0 spiro atoms. The highest BCUT2D eigenvalue weighted by Crippen LogP contribution is 1.94. The van der Waals surface area contributed by atoms with E-state index in [1.165, 1.54) is 0 Å². The Hall–Kier alpha value is -0.760. The molecule has 1 aliphatic rings. The first kappa shape index (κ1) is 5.38. The average molecular weight is 111 g/mol. The largest absolute Gasteiger partial charge is 0.376 e. The van der Waals surface area contributed by atoms with Crippen LogP contribution in [-0.2, 0) is 0 Å². The highest BCUT2D eigenvalue weighted by atomic mass is 16.3. The Balaban J connectivity index is 2.40. The van der Waals surface area contributed by atoms with Gasteiger partial charge in [-0.25, -0.2) is 0 Å². The van der Waals surface area contributed by atoms with Crippen molar-refractivity contribution < 1.29 is 5.11 Å². The molecule has 0 amide bonds. The summed E-state index contributed by atoms with van der Waals surface area (Å²) in [6.07, 6.45) is 7.72. The van der Waals surface area contributed by atoms with E-state index in [0.717, 1.165) is 6.54 Å². The SMILES string of the molecule is OCN1C=CC=CC1. The average Bonchev–Trinajstić information content (AvgIpc) is 1.90. The molecule has 1 heterocycles. The van der Waals surface area contributed by atoms with Gasteiger partial charge >= 0.3 is 0 Å². The Morgan fingerprint density at radius 2 is 2.38 bits per heavy atom. The van der Waals surface area contributed by atoms with Crippen molar-refractivity contribution in [2.75, 3.05) is 13.3 Å². The van der Waals surface area contributed by atoms with E-state index >= 15 is 0 Å². The molecule has 0 aromatic rings. The zero-order valence-corrected chi connectivity index (χ0v) is 4.62. The predicted molar refractivity (Wildman–Crippen MR) is 32.1 cm³/mol. The van der Waals surface area contributed by atoms with Gasteiger partial charge in [0.1, 0.15) is 6.73 Å². The highest BCUT2D eigenvalue weighted by Gasteiger charge is 1.92. The van der Waals surface area contributed by atoms with Crippen LogP contribution in [0.3, 0.4) is 0 Å². The summed E-state index contributed by atoms with van der Waals surface area (Å²) >= 11 is 0. The Labute approximate surface area is 48.7 Å². The summed E-state index contributed by atoms with van der Waals surface area (Å²) in [6.45, 7) is 0.938. The normalized spacial score (nSPS) is 17.4. The molecule has 0 fully saturated rings. The van der Waals surface area contributed by atoms with E-state index in [9.17, 15) is 0 Å². The minimum Gasteiger partial charge on any atom is -0.376 e. The van der Waals surface area contributed by atoms with Crippen LogP contribution in [-0.4, -0.2) is 23.3 Å². The van der Waals surface area contributed by atoms with Crippen LogP contribution < -0.4 is 0 Å². The van der Waals surface area contributed by atoms with E-state index in [0.29, 0.717) is 0 Å². The number of hydrogen-bond acceptors (Lipinski definition) is 2. The topological polar surface area (TPSA) is 23.5 Å². The zero-order chi connectivity index (χ0) is 5.82. The second kappa shape index (κ2) is 2.52. The summed E-state index contributed by atoms with van der Waals surface area (Å²) in [5, 5.41) is 8.53. The van der Waals surface area contributed by atoms with Crippen molar-refractivity contribution >= 4 is 0 Å². The molecule has 0 aliphatic carbocycles. The molecule has 0 bridgehead atoms. The van der Waals surface area contributed by atoms with Gasteiger partial charge in [-0.3, -0.25) is 0 Å². The second-order valence-electron chi connectivity index (χ2n) is 1.68. The Morgan fingerprint density at radius 3 is 2.75 bits per heavy atom. The molecule has 0 unspecified atom stereocenters. The van der Waals surface area contributed by atoms with Crippen molar-refractivity contribution in [2.24, 2.45) is 0 Å². The van der Waals surface area contributed by atoms with Gasteiger partial charge in [-0.05, 0) is 6.08 Å². The van der Waals surface area contributed by atoms with Crippen LogP contribution in [0.1, 0.15) is 0 Å². The van der Waals surface area contributed by atoms with E-state index in [-0.39, 0.29) is 6.73 Å². The van der Waals surface area contributed by atoms with E-state index in [2.05, 4.69) is 0 Å². The van der Waals surface area contributed by atoms with Gasteiger partial charge in [0, 0.05) is 12.7 Å². The maximum atomic E-state index is 8.53. The molecular formula is C6H9NO. The van der Waals surface area contributed by atoms with Crippen molar-refractivity contribution in [3.63, 3.8) is 0 Å². The third kappa shape index (κ3) is 1.10. The first-order chi connectivity index (χ1) is 3.93. The van der Waals surface area contributed by atoms with Crippen LogP contribution in [0, 0.1) is 0 Å². The van der Waals surface area contributed by atoms with E-state index < -0.39 is 0 Å². The molecule has 1 N–H and O–H groups in total. The van der Waals surface area contributed by atoms with E-state index in [4.69, 9.17) is 5.11 Å². The Bertz CT molecular complexity index is 118. The van der Waals surface area contributed by atoms with Gasteiger partial charge in [0.25, 0.3) is 0 Å². The maximum Gasteiger partial charge on any atom is 0.115 e. The van der Waals surface area contributed by atoms with E-state index in [1.807, 2.05) is 24.4 Å². The smallest absolute Gasteiger partial charge is 0.115 e. The van der Waals surface area contributed by atoms with Gasteiger partial charge in [0.05, 0.1) is 0 Å². The number of allylic oxidation sites excluding steroid dienone is 2. The zero-order valence-electron chi connectivity index (χ0n) is 4.62. The number of aliphatic hydroxyl groups is 1. The summed E-state index contributed by atoms with van der Waals surface area (Å²) in [5.41, 5.74) is 0. The minimum atomic E-state index is 0.112. The number of aliphatic hydroxyl groups excluding tert-OH is 1. The first-order valence-corrected chi connectivity index (χ1v) is 2.62. The fraction of sp³-hybridized carbons (Fsp3) is 0.333. The van der Waals surface area contributed by atoms with Gasteiger partial charge in [0.2, 0.25) is 0 Å². The maximum absolute atomic E-state index is 8.53. The number of rotatable bonds is 1.